The molecule has 4 nitrogen and oxygen atoms in total. The Morgan fingerprint density at radius 2 is 2.29 bits per heavy atom. The fourth-order valence-electron chi connectivity index (χ4n) is 1.33. The van der Waals surface area contributed by atoms with Gasteiger partial charge in [0.2, 0.25) is 0 Å². The minimum absolute atomic E-state index is 0.195. The molecule has 0 fully saturated rings. The van der Waals surface area contributed by atoms with Crippen molar-refractivity contribution in [3.05, 3.63) is 35.4 Å². The Balaban J connectivity index is 2.94. The van der Waals surface area contributed by atoms with Crippen molar-refractivity contribution in [3.8, 4) is 5.75 Å². The molecular formula is C12H15ClN2O2. The number of ether oxygens (including phenoxy) is 1. The second-order valence-corrected chi connectivity index (χ2v) is 3.89. The molecule has 0 saturated heterocycles. The van der Waals surface area contributed by atoms with Crippen LogP contribution in [0.1, 0.15) is 17.3 Å². The summed E-state index contributed by atoms with van der Waals surface area (Å²) in [6.45, 7) is 5.99. The number of amides is 1. The van der Waals surface area contributed by atoms with Gasteiger partial charge in [0.25, 0.3) is 5.91 Å². The van der Waals surface area contributed by atoms with E-state index in [1.807, 2.05) is 6.92 Å². The lowest BCUT2D eigenvalue weighted by atomic mass is 10.1. The molecule has 0 heterocycles. The third-order valence-electron chi connectivity index (χ3n) is 2.03. The summed E-state index contributed by atoms with van der Waals surface area (Å²) in [7, 11) is 0. The SMILES string of the molecule is C=C(Cl)CNC(=O)c1c(N)cccc1OCC. The number of halogens is 1. The van der Waals surface area contributed by atoms with Gasteiger partial charge < -0.3 is 15.8 Å². The molecule has 0 aromatic heterocycles. The predicted octanol–water partition coefficient (Wildman–Crippen LogP) is 2.15. The van der Waals surface area contributed by atoms with Gasteiger partial charge in [0.1, 0.15) is 11.3 Å². The van der Waals surface area contributed by atoms with Crippen molar-refractivity contribution in [1.82, 2.24) is 5.32 Å². The summed E-state index contributed by atoms with van der Waals surface area (Å²) in [6, 6.07) is 5.08. The highest BCUT2D eigenvalue weighted by atomic mass is 35.5. The maximum Gasteiger partial charge on any atom is 0.257 e. The van der Waals surface area contributed by atoms with Crippen molar-refractivity contribution in [3.63, 3.8) is 0 Å². The number of rotatable bonds is 5. The van der Waals surface area contributed by atoms with Crippen LogP contribution in [0, 0.1) is 0 Å². The molecule has 0 aliphatic heterocycles. The van der Waals surface area contributed by atoms with Crippen LogP contribution in [-0.4, -0.2) is 19.1 Å². The lowest BCUT2D eigenvalue weighted by Gasteiger charge is -2.12. The molecule has 0 saturated carbocycles. The van der Waals surface area contributed by atoms with Crippen molar-refractivity contribution in [2.24, 2.45) is 0 Å². The highest BCUT2D eigenvalue weighted by molar-refractivity contribution is 6.29. The van der Waals surface area contributed by atoms with Crippen molar-refractivity contribution in [1.29, 1.82) is 0 Å². The van der Waals surface area contributed by atoms with E-state index in [4.69, 9.17) is 22.1 Å². The Morgan fingerprint density at radius 1 is 1.59 bits per heavy atom. The van der Waals surface area contributed by atoms with E-state index >= 15 is 0 Å². The van der Waals surface area contributed by atoms with E-state index < -0.39 is 0 Å². The van der Waals surface area contributed by atoms with E-state index in [-0.39, 0.29) is 12.5 Å². The molecule has 1 aromatic carbocycles. The van der Waals surface area contributed by atoms with Gasteiger partial charge in [0, 0.05) is 10.7 Å². The third kappa shape index (κ3) is 3.67. The van der Waals surface area contributed by atoms with E-state index in [1.165, 1.54) is 0 Å². The van der Waals surface area contributed by atoms with Gasteiger partial charge >= 0.3 is 0 Å². The van der Waals surface area contributed by atoms with Crippen LogP contribution >= 0.6 is 11.6 Å². The maximum absolute atomic E-state index is 11.9. The maximum atomic E-state index is 11.9. The molecule has 3 N–H and O–H groups in total. The van der Waals surface area contributed by atoms with Crippen LogP contribution in [0.4, 0.5) is 5.69 Å². The second kappa shape index (κ2) is 6.15. The third-order valence-corrected chi connectivity index (χ3v) is 2.16. The smallest absolute Gasteiger partial charge is 0.257 e. The first kappa shape index (κ1) is 13.4. The minimum Gasteiger partial charge on any atom is -0.493 e. The average Bonchev–Trinajstić information content (AvgIpc) is 2.26. The Kier molecular flexibility index (Phi) is 4.84. The molecule has 0 bridgehead atoms. The summed E-state index contributed by atoms with van der Waals surface area (Å²) in [5, 5.41) is 2.96. The van der Waals surface area contributed by atoms with Gasteiger partial charge in [-0.2, -0.15) is 0 Å². The Morgan fingerprint density at radius 3 is 2.88 bits per heavy atom. The average molecular weight is 255 g/mol. The molecule has 0 aliphatic carbocycles. The molecule has 5 heteroatoms. The van der Waals surface area contributed by atoms with Crippen LogP contribution in [-0.2, 0) is 0 Å². The van der Waals surface area contributed by atoms with Gasteiger partial charge in [0.05, 0.1) is 13.2 Å². The molecule has 0 spiro atoms. The summed E-state index contributed by atoms with van der Waals surface area (Å²) < 4.78 is 5.35. The summed E-state index contributed by atoms with van der Waals surface area (Å²) >= 11 is 5.58. The van der Waals surface area contributed by atoms with Crippen LogP contribution in [0.15, 0.2) is 29.8 Å². The number of hydrogen-bond acceptors (Lipinski definition) is 3. The number of hydrogen-bond donors (Lipinski definition) is 2. The standard InChI is InChI=1S/C12H15ClN2O2/c1-3-17-10-6-4-5-9(14)11(10)12(16)15-7-8(2)13/h4-6H,2-3,7,14H2,1H3,(H,15,16). The Bertz CT molecular complexity index is 433. The first-order chi connectivity index (χ1) is 8.06. The second-order valence-electron chi connectivity index (χ2n) is 3.35. The topological polar surface area (TPSA) is 64.4 Å². The molecular weight excluding hydrogens is 240 g/mol. The number of carbonyl (C=O) groups excluding carboxylic acids is 1. The molecule has 0 radical (unpaired) electrons. The van der Waals surface area contributed by atoms with Gasteiger partial charge in [0.15, 0.2) is 0 Å². The number of carbonyl (C=O) groups is 1. The van der Waals surface area contributed by atoms with Crippen LogP contribution in [0.2, 0.25) is 0 Å². The molecule has 17 heavy (non-hydrogen) atoms. The monoisotopic (exact) mass is 254 g/mol. The lowest BCUT2D eigenvalue weighted by Crippen LogP contribution is -2.26. The summed E-state index contributed by atoms with van der Waals surface area (Å²) in [5.41, 5.74) is 6.46. The molecule has 1 aromatic rings. The predicted molar refractivity (Wildman–Crippen MR) is 69.3 cm³/mol. The van der Waals surface area contributed by atoms with Gasteiger partial charge in [-0.1, -0.05) is 24.2 Å². The van der Waals surface area contributed by atoms with Crippen molar-refractivity contribution < 1.29 is 9.53 Å². The van der Waals surface area contributed by atoms with E-state index in [1.54, 1.807) is 18.2 Å². The molecule has 1 amide bonds. The first-order valence-corrected chi connectivity index (χ1v) is 5.56. The van der Waals surface area contributed by atoms with Crippen LogP contribution in [0.3, 0.4) is 0 Å². The highest BCUT2D eigenvalue weighted by Crippen LogP contribution is 2.24. The van der Waals surface area contributed by atoms with E-state index in [0.29, 0.717) is 28.6 Å². The number of nitrogens with two attached hydrogens (primary N) is 1. The molecule has 0 aliphatic rings. The van der Waals surface area contributed by atoms with Gasteiger partial charge in [-0.05, 0) is 19.1 Å². The Labute approximate surface area is 105 Å². The Hall–Kier alpha value is -1.68. The van der Waals surface area contributed by atoms with Crippen LogP contribution < -0.4 is 15.8 Å². The van der Waals surface area contributed by atoms with E-state index in [0.717, 1.165) is 0 Å². The summed E-state index contributed by atoms with van der Waals surface area (Å²) in [6.07, 6.45) is 0. The van der Waals surface area contributed by atoms with E-state index in [9.17, 15) is 4.79 Å². The van der Waals surface area contributed by atoms with Crippen molar-refractivity contribution in [2.75, 3.05) is 18.9 Å². The summed E-state index contributed by atoms with van der Waals surface area (Å²) in [4.78, 5) is 11.9. The van der Waals surface area contributed by atoms with Crippen molar-refractivity contribution in [2.45, 2.75) is 6.92 Å². The lowest BCUT2D eigenvalue weighted by molar-refractivity contribution is 0.0955. The number of nitrogen functional groups attached to an aromatic ring is 1. The molecule has 1 rings (SSSR count). The molecule has 92 valence electrons. The number of benzene rings is 1. The zero-order valence-corrected chi connectivity index (χ0v) is 10.4. The minimum atomic E-state index is -0.326. The summed E-state index contributed by atoms with van der Waals surface area (Å²) in [5.74, 6) is 0.138. The largest absolute Gasteiger partial charge is 0.493 e. The fraction of sp³-hybridized carbons (Fsp3) is 0.250. The normalized spacial score (nSPS) is 9.76. The van der Waals surface area contributed by atoms with Gasteiger partial charge in [-0.3, -0.25) is 4.79 Å². The van der Waals surface area contributed by atoms with Gasteiger partial charge in [-0.15, -0.1) is 0 Å². The number of nitrogens with one attached hydrogen (secondary N) is 1. The number of anilines is 1. The fourth-order valence-corrected chi connectivity index (χ4v) is 1.40. The quantitative estimate of drug-likeness (QED) is 0.792. The van der Waals surface area contributed by atoms with Crippen LogP contribution in [0.5, 0.6) is 5.75 Å². The molecule has 0 atom stereocenters. The van der Waals surface area contributed by atoms with E-state index in [2.05, 4.69) is 11.9 Å². The molecule has 0 unspecified atom stereocenters. The van der Waals surface area contributed by atoms with Crippen LogP contribution in [0.25, 0.3) is 0 Å². The highest BCUT2D eigenvalue weighted by Gasteiger charge is 2.15. The zero-order chi connectivity index (χ0) is 12.8. The van der Waals surface area contributed by atoms with Gasteiger partial charge in [-0.25, -0.2) is 0 Å². The zero-order valence-electron chi connectivity index (χ0n) is 9.63. The first-order valence-electron chi connectivity index (χ1n) is 5.19. The van der Waals surface area contributed by atoms with Crippen molar-refractivity contribution >= 4 is 23.2 Å².